The molecule has 4 aromatic rings. The minimum Gasteiger partial charge on any atom is -0.493 e. The van der Waals surface area contributed by atoms with Gasteiger partial charge in [0.2, 0.25) is 0 Å². The fraction of sp³-hybridized carbons (Fsp3) is 0.0690. The van der Waals surface area contributed by atoms with Gasteiger partial charge in [0.25, 0.3) is 11.5 Å². The van der Waals surface area contributed by atoms with Crippen molar-refractivity contribution < 1.29 is 24.2 Å². The molecule has 0 spiro atoms. The van der Waals surface area contributed by atoms with Crippen molar-refractivity contribution in [3.05, 3.63) is 109 Å². The Morgan fingerprint density at radius 2 is 1.76 bits per heavy atom. The summed E-state index contributed by atoms with van der Waals surface area (Å²) in [5.74, 6) is -0.964. The van der Waals surface area contributed by atoms with Crippen molar-refractivity contribution in [2.75, 3.05) is 12.1 Å². The van der Waals surface area contributed by atoms with Crippen molar-refractivity contribution in [3.8, 4) is 22.9 Å². The number of rotatable bonds is 7. The summed E-state index contributed by atoms with van der Waals surface area (Å²) in [6.45, 7) is 1.68. The van der Waals surface area contributed by atoms with Crippen molar-refractivity contribution in [2.45, 2.75) is 6.92 Å². The van der Waals surface area contributed by atoms with E-state index < -0.39 is 17.4 Å². The zero-order valence-corrected chi connectivity index (χ0v) is 23.9. The Morgan fingerprint density at radius 1 is 1.02 bits per heavy atom. The maximum Gasteiger partial charge on any atom is 0.335 e. The molecule has 1 N–H and O–H groups in total. The van der Waals surface area contributed by atoms with Gasteiger partial charge in [0.15, 0.2) is 22.3 Å². The van der Waals surface area contributed by atoms with Crippen molar-refractivity contribution in [2.24, 2.45) is 5.10 Å². The summed E-state index contributed by atoms with van der Waals surface area (Å²) >= 11 is 9.84. The van der Waals surface area contributed by atoms with Crippen LogP contribution >= 0.6 is 27.5 Å². The third-order valence-corrected chi connectivity index (χ3v) is 7.00. The van der Waals surface area contributed by atoms with E-state index in [4.69, 9.17) is 21.1 Å². The number of halogens is 2. The molecule has 1 aliphatic rings. The molecular formula is C29H20BrClN4O6. The molecule has 41 heavy (non-hydrogen) atoms. The number of hydrazone groups is 1. The lowest BCUT2D eigenvalue weighted by Crippen LogP contribution is -2.21. The van der Waals surface area contributed by atoms with Gasteiger partial charge in [-0.15, -0.1) is 0 Å². The number of para-hydroxylation sites is 1. The second kappa shape index (κ2) is 11.4. The fourth-order valence-electron chi connectivity index (χ4n) is 4.07. The molecule has 0 radical (unpaired) electrons. The zero-order valence-electron chi connectivity index (χ0n) is 21.5. The number of carbonyl (C=O) groups is 2. The lowest BCUT2D eigenvalue weighted by atomic mass is 10.1. The molecule has 0 fully saturated rings. The molecule has 0 atom stereocenters. The van der Waals surface area contributed by atoms with Crippen LogP contribution in [-0.2, 0) is 4.79 Å². The van der Waals surface area contributed by atoms with Gasteiger partial charge in [-0.2, -0.15) is 19.9 Å². The average molecular weight is 636 g/mol. The minimum absolute atomic E-state index is 0.0298. The predicted octanol–water partition coefficient (Wildman–Crippen LogP) is 5.95. The van der Waals surface area contributed by atoms with Crippen LogP contribution in [0.1, 0.15) is 22.8 Å². The van der Waals surface area contributed by atoms with Crippen LogP contribution in [-0.4, -0.2) is 39.6 Å². The molecule has 1 aliphatic heterocycles. The molecule has 0 saturated carbocycles. The van der Waals surface area contributed by atoms with Crippen LogP contribution in [0.25, 0.3) is 11.8 Å². The summed E-state index contributed by atoms with van der Waals surface area (Å²) in [4.78, 5) is 37.5. The molecule has 10 nitrogen and oxygen atoms in total. The number of hydrogen-bond acceptors (Lipinski definition) is 7. The van der Waals surface area contributed by atoms with E-state index in [2.05, 4.69) is 26.1 Å². The summed E-state index contributed by atoms with van der Waals surface area (Å²) in [5, 5.41) is 18.8. The Labute approximate surface area is 246 Å². The minimum atomic E-state index is -1.11. The van der Waals surface area contributed by atoms with E-state index in [1.54, 1.807) is 61.5 Å². The van der Waals surface area contributed by atoms with E-state index >= 15 is 0 Å². The Bertz CT molecular complexity index is 1820. The number of benzene rings is 3. The normalized spacial score (nSPS) is 13.9. The second-order valence-electron chi connectivity index (χ2n) is 8.73. The molecule has 5 rings (SSSR count). The van der Waals surface area contributed by atoms with Crippen LogP contribution in [0.5, 0.6) is 17.2 Å². The number of amides is 1. The topological polar surface area (TPSA) is 123 Å². The van der Waals surface area contributed by atoms with Crippen molar-refractivity contribution in [1.82, 2.24) is 9.78 Å². The van der Waals surface area contributed by atoms with Crippen LogP contribution < -0.4 is 20.0 Å². The number of aromatic carboxylic acids is 1. The molecule has 0 bridgehead atoms. The Balaban J connectivity index is 1.45. The van der Waals surface area contributed by atoms with Crippen molar-refractivity contribution >= 4 is 56.9 Å². The first kappa shape index (κ1) is 27.8. The summed E-state index contributed by atoms with van der Waals surface area (Å²) in [6, 6.07) is 18.2. The maximum atomic E-state index is 13.2. The Kier molecular flexibility index (Phi) is 7.73. The number of aromatic nitrogens is 2. The lowest BCUT2D eigenvalue weighted by molar-refractivity contribution is -0.114. The Morgan fingerprint density at radius 3 is 2.46 bits per heavy atom. The van der Waals surface area contributed by atoms with Gasteiger partial charge in [0.1, 0.15) is 0 Å². The van der Waals surface area contributed by atoms with Crippen molar-refractivity contribution in [1.29, 1.82) is 0 Å². The highest BCUT2D eigenvalue weighted by Crippen LogP contribution is 2.41. The first-order valence-corrected chi connectivity index (χ1v) is 13.2. The van der Waals surface area contributed by atoms with Gasteiger partial charge in [-0.25, -0.2) is 4.79 Å². The van der Waals surface area contributed by atoms with E-state index in [9.17, 15) is 19.5 Å². The molecule has 0 unspecified atom stereocenters. The summed E-state index contributed by atoms with van der Waals surface area (Å²) in [5.41, 5.74) is 1.71. The number of ether oxygens (including phenoxy) is 2. The number of carbonyl (C=O) groups excluding carboxylic acids is 1. The number of anilines is 1. The van der Waals surface area contributed by atoms with E-state index in [1.807, 2.05) is 6.07 Å². The molecule has 0 aliphatic carbocycles. The third kappa shape index (κ3) is 5.49. The smallest absolute Gasteiger partial charge is 0.335 e. The maximum absolute atomic E-state index is 13.2. The molecule has 3 aromatic carbocycles. The van der Waals surface area contributed by atoms with Crippen LogP contribution in [0, 0.1) is 0 Å². The number of methoxy groups -OCH3 is 1. The fourth-order valence-corrected chi connectivity index (χ4v) is 4.78. The van der Waals surface area contributed by atoms with Crippen molar-refractivity contribution in [3.63, 3.8) is 0 Å². The summed E-state index contributed by atoms with van der Waals surface area (Å²) in [7, 11) is 1.45. The Hall–Kier alpha value is -4.74. The van der Waals surface area contributed by atoms with Crippen LogP contribution in [0.4, 0.5) is 5.69 Å². The molecule has 0 saturated heterocycles. The van der Waals surface area contributed by atoms with E-state index in [-0.39, 0.29) is 22.1 Å². The number of carboxylic acids is 1. The highest BCUT2D eigenvalue weighted by atomic mass is 79.9. The number of nitrogens with zero attached hydrogens (tertiary/aromatic N) is 4. The monoisotopic (exact) mass is 634 g/mol. The standard InChI is InChI=1S/C29H20BrClN4O6/c1-16-21(27(36)35(33-16)20-10-6-7-18(14-20)29(38)39)11-17-12-22(30)26(23(13-17)40-2)41-24-15-32-34(28(37)25(24)31)19-8-4-3-5-9-19/h3-15H,1-2H3,(H,38,39). The van der Waals surface area contributed by atoms with E-state index in [0.29, 0.717) is 38.4 Å². The molecule has 1 amide bonds. The number of carboxylic acid groups (broad SMARTS) is 1. The predicted molar refractivity (Wildman–Crippen MR) is 158 cm³/mol. The molecule has 12 heteroatoms. The first-order chi connectivity index (χ1) is 19.7. The van der Waals surface area contributed by atoms with Gasteiger partial charge in [-0.05, 0) is 77.0 Å². The van der Waals surface area contributed by atoms with Gasteiger partial charge < -0.3 is 14.6 Å². The van der Waals surface area contributed by atoms with Gasteiger partial charge in [0.05, 0.1) is 46.0 Å². The van der Waals surface area contributed by atoms with Crippen LogP contribution in [0.3, 0.4) is 0 Å². The van der Waals surface area contributed by atoms with Gasteiger partial charge >= 0.3 is 5.97 Å². The van der Waals surface area contributed by atoms with E-state index in [0.717, 1.165) is 5.01 Å². The molecule has 1 aromatic heterocycles. The SMILES string of the molecule is COc1cc(C=C2C(=O)N(c3cccc(C(=O)O)c3)N=C2C)cc(Br)c1Oc1cnn(-c2ccccc2)c(=O)c1Cl. The lowest BCUT2D eigenvalue weighted by Gasteiger charge is -2.15. The van der Waals surface area contributed by atoms with Crippen LogP contribution in [0.15, 0.2) is 92.9 Å². The summed E-state index contributed by atoms with van der Waals surface area (Å²) < 4.78 is 13.1. The van der Waals surface area contributed by atoms with E-state index in [1.165, 1.54) is 30.1 Å². The number of hydrogen-bond donors (Lipinski definition) is 1. The highest BCUT2D eigenvalue weighted by Gasteiger charge is 2.29. The molecular weight excluding hydrogens is 616 g/mol. The molecule has 206 valence electrons. The zero-order chi connectivity index (χ0) is 29.3. The van der Waals surface area contributed by atoms with Gasteiger partial charge in [0, 0.05) is 0 Å². The van der Waals surface area contributed by atoms with Gasteiger partial charge in [-0.3, -0.25) is 9.59 Å². The second-order valence-corrected chi connectivity index (χ2v) is 9.96. The van der Waals surface area contributed by atoms with Gasteiger partial charge in [-0.1, -0.05) is 35.9 Å². The van der Waals surface area contributed by atoms with Crippen LogP contribution in [0.2, 0.25) is 5.02 Å². The summed E-state index contributed by atoms with van der Waals surface area (Å²) in [6.07, 6.45) is 2.97. The average Bonchev–Trinajstić information content (AvgIpc) is 3.25. The third-order valence-electron chi connectivity index (χ3n) is 6.06. The largest absolute Gasteiger partial charge is 0.493 e. The molecule has 2 heterocycles. The first-order valence-electron chi connectivity index (χ1n) is 12.0. The highest BCUT2D eigenvalue weighted by molar-refractivity contribution is 9.10. The quantitative estimate of drug-likeness (QED) is 0.249.